The van der Waals surface area contributed by atoms with E-state index in [9.17, 15) is 4.79 Å². The Labute approximate surface area is 104 Å². The fourth-order valence-electron chi connectivity index (χ4n) is 1.37. The number of pyridine rings is 1. The smallest absolute Gasteiger partial charge is 0.256 e. The SMILES string of the molecule is C=C(C)CN(CC)C(=O)c1cccnc1Br. The van der Waals surface area contributed by atoms with Gasteiger partial charge in [-0.1, -0.05) is 12.2 Å². The van der Waals surface area contributed by atoms with E-state index in [1.54, 1.807) is 23.2 Å². The third kappa shape index (κ3) is 3.17. The number of aromatic nitrogens is 1. The largest absolute Gasteiger partial charge is 0.335 e. The van der Waals surface area contributed by atoms with Crippen LogP contribution in [-0.2, 0) is 0 Å². The lowest BCUT2D eigenvalue weighted by atomic mass is 10.2. The topological polar surface area (TPSA) is 33.2 Å². The molecule has 1 aromatic heterocycles. The Kier molecular flexibility index (Phi) is 4.68. The van der Waals surface area contributed by atoms with Gasteiger partial charge in [0, 0.05) is 19.3 Å². The third-order valence-corrected chi connectivity index (χ3v) is 2.75. The molecule has 16 heavy (non-hydrogen) atoms. The molecular formula is C12H15BrN2O. The summed E-state index contributed by atoms with van der Waals surface area (Å²) in [7, 11) is 0. The summed E-state index contributed by atoms with van der Waals surface area (Å²) in [5.41, 5.74) is 1.56. The van der Waals surface area contributed by atoms with Crippen LogP contribution in [0, 0.1) is 0 Å². The Bertz CT molecular complexity index is 404. The van der Waals surface area contributed by atoms with Crippen LogP contribution in [0.4, 0.5) is 0 Å². The van der Waals surface area contributed by atoms with Crippen molar-refractivity contribution in [3.63, 3.8) is 0 Å². The van der Waals surface area contributed by atoms with Gasteiger partial charge in [0.15, 0.2) is 0 Å². The van der Waals surface area contributed by atoms with E-state index in [4.69, 9.17) is 0 Å². The maximum Gasteiger partial charge on any atom is 0.256 e. The monoisotopic (exact) mass is 282 g/mol. The molecule has 0 aliphatic rings. The van der Waals surface area contributed by atoms with Gasteiger partial charge in [0.1, 0.15) is 4.60 Å². The molecule has 3 nitrogen and oxygen atoms in total. The van der Waals surface area contributed by atoms with Crippen LogP contribution in [0.3, 0.4) is 0 Å². The van der Waals surface area contributed by atoms with Crippen molar-refractivity contribution in [3.05, 3.63) is 40.6 Å². The standard InChI is InChI=1S/C12H15BrN2O/c1-4-15(8-9(2)3)12(16)10-6-5-7-14-11(10)13/h5-7H,2,4,8H2,1,3H3. The van der Waals surface area contributed by atoms with Crippen LogP contribution in [0.25, 0.3) is 0 Å². The van der Waals surface area contributed by atoms with Crippen LogP contribution in [0.2, 0.25) is 0 Å². The number of carbonyl (C=O) groups excluding carboxylic acids is 1. The Morgan fingerprint density at radius 1 is 1.62 bits per heavy atom. The highest BCUT2D eigenvalue weighted by atomic mass is 79.9. The Hall–Kier alpha value is -1.16. The van der Waals surface area contributed by atoms with Crippen molar-refractivity contribution in [3.8, 4) is 0 Å². The zero-order valence-corrected chi connectivity index (χ0v) is 11.1. The first kappa shape index (κ1) is 12.9. The van der Waals surface area contributed by atoms with E-state index in [1.165, 1.54) is 0 Å². The van der Waals surface area contributed by atoms with Crippen LogP contribution < -0.4 is 0 Å². The van der Waals surface area contributed by atoms with Gasteiger partial charge in [-0.25, -0.2) is 4.98 Å². The predicted molar refractivity (Wildman–Crippen MR) is 68.3 cm³/mol. The molecule has 0 fully saturated rings. The summed E-state index contributed by atoms with van der Waals surface area (Å²) in [4.78, 5) is 17.9. The summed E-state index contributed by atoms with van der Waals surface area (Å²) >= 11 is 3.28. The lowest BCUT2D eigenvalue weighted by Gasteiger charge is -2.21. The first-order chi connectivity index (χ1) is 7.56. The zero-order valence-electron chi connectivity index (χ0n) is 9.53. The highest BCUT2D eigenvalue weighted by molar-refractivity contribution is 9.10. The summed E-state index contributed by atoms with van der Waals surface area (Å²) in [6.07, 6.45) is 1.65. The fraction of sp³-hybridized carbons (Fsp3) is 0.333. The second kappa shape index (κ2) is 5.80. The second-order valence-corrected chi connectivity index (χ2v) is 4.37. The molecule has 1 aromatic rings. The molecule has 0 atom stereocenters. The molecule has 0 saturated carbocycles. The van der Waals surface area contributed by atoms with Crippen LogP contribution in [0.1, 0.15) is 24.2 Å². The molecule has 0 aliphatic heterocycles. The highest BCUT2D eigenvalue weighted by Gasteiger charge is 2.16. The summed E-state index contributed by atoms with van der Waals surface area (Å²) in [6.45, 7) is 8.92. The van der Waals surface area contributed by atoms with Crippen molar-refractivity contribution in [1.82, 2.24) is 9.88 Å². The maximum atomic E-state index is 12.1. The molecule has 0 bridgehead atoms. The van der Waals surface area contributed by atoms with Crippen molar-refractivity contribution in [2.24, 2.45) is 0 Å². The van der Waals surface area contributed by atoms with E-state index in [-0.39, 0.29) is 5.91 Å². The van der Waals surface area contributed by atoms with Crippen LogP contribution in [0.15, 0.2) is 35.1 Å². The van der Waals surface area contributed by atoms with Crippen LogP contribution in [0.5, 0.6) is 0 Å². The Morgan fingerprint density at radius 2 is 2.31 bits per heavy atom. The van der Waals surface area contributed by atoms with E-state index in [0.29, 0.717) is 23.3 Å². The predicted octanol–water partition coefficient (Wildman–Crippen LogP) is 2.88. The number of nitrogens with zero attached hydrogens (tertiary/aromatic N) is 2. The van der Waals surface area contributed by atoms with E-state index < -0.39 is 0 Å². The minimum atomic E-state index is -0.0227. The van der Waals surface area contributed by atoms with Gasteiger partial charge in [-0.2, -0.15) is 0 Å². The van der Waals surface area contributed by atoms with Crippen molar-refractivity contribution in [1.29, 1.82) is 0 Å². The molecule has 0 radical (unpaired) electrons. The summed E-state index contributed by atoms with van der Waals surface area (Å²) in [5.74, 6) is -0.0227. The van der Waals surface area contributed by atoms with E-state index in [0.717, 1.165) is 5.57 Å². The number of carbonyl (C=O) groups is 1. The zero-order chi connectivity index (χ0) is 12.1. The lowest BCUT2D eigenvalue weighted by molar-refractivity contribution is 0.0777. The van der Waals surface area contributed by atoms with E-state index in [1.807, 2.05) is 13.8 Å². The van der Waals surface area contributed by atoms with Gasteiger partial charge in [0.2, 0.25) is 0 Å². The molecule has 1 amide bonds. The van der Waals surface area contributed by atoms with E-state index in [2.05, 4.69) is 27.5 Å². The Morgan fingerprint density at radius 3 is 2.81 bits per heavy atom. The van der Waals surface area contributed by atoms with Crippen molar-refractivity contribution < 1.29 is 4.79 Å². The first-order valence-corrected chi connectivity index (χ1v) is 5.89. The molecule has 4 heteroatoms. The number of halogens is 1. The number of likely N-dealkylation sites (N-methyl/N-ethyl adjacent to an activating group) is 1. The van der Waals surface area contributed by atoms with Crippen LogP contribution in [-0.4, -0.2) is 28.9 Å². The van der Waals surface area contributed by atoms with Crippen LogP contribution >= 0.6 is 15.9 Å². The number of hydrogen-bond acceptors (Lipinski definition) is 2. The normalized spacial score (nSPS) is 9.94. The van der Waals surface area contributed by atoms with Gasteiger partial charge in [-0.05, 0) is 41.9 Å². The number of rotatable bonds is 4. The first-order valence-electron chi connectivity index (χ1n) is 5.10. The lowest BCUT2D eigenvalue weighted by Crippen LogP contribution is -2.32. The minimum absolute atomic E-state index is 0.0227. The van der Waals surface area contributed by atoms with Crippen molar-refractivity contribution in [2.45, 2.75) is 13.8 Å². The molecular weight excluding hydrogens is 268 g/mol. The molecule has 0 aliphatic carbocycles. The van der Waals surface area contributed by atoms with Crippen molar-refractivity contribution >= 4 is 21.8 Å². The number of hydrogen-bond donors (Lipinski definition) is 0. The average molecular weight is 283 g/mol. The van der Waals surface area contributed by atoms with Gasteiger partial charge >= 0.3 is 0 Å². The quantitative estimate of drug-likeness (QED) is 0.629. The molecule has 0 unspecified atom stereocenters. The van der Waals surface area contributed by atoms with Crippen molar-refractivity contribution in [2.75, 3.05) is 13.1 Å². The number of amides is 1. The fourth-order valence-corrected chi connectivity index (χ4v) is 1.79. The average Bonchev–Trinajstić information content (AvgIpc) is 2.25. The van der Waals surface area contributed by atoms with E-state index >= 15 is 0 Å². The van der Waals surface area contributed by atoms with Gasteiger partial charge in [-0.3, -0.25) is 4.79 Å². The van der Waals surface area contributed by atoms with Gasteiger partial charge in [0.25, 0.3) is 5.91 Å². The van der Waals surface area contributed by atoms with Gasteiger partial charge in [0.05, 0.1) is 5.56 Å². The maximum absolute atomic E-state index is 12.1. The van der Waals surface area contributed by atoms with Gasteiger partial charge < -0.3 is 4.90 Å². The molecule has 0 saturated heterocycles. The second-order valence-electron chi connectivity index (χ2n) is 3.62. The molecule has 0 N–H and O–H groups in total. The third-order valence-electron chi connectivity index (χ3n) is 2.12. The highest BCUT2D eigenvalue weighted by Crippen LogP contribution is 2.15. The summed E-state index contributed by atoms with van der Waals surface area (Å²) in [5, 5.41) is 0. The molecule has 0 aromatic carbocycles. The minimum Gasteiger partial charge on any atom is -0.335 e. The Balaban J connectivity index is 2.91. The summed E-state index contributed by atoms with van der Waals surface area (Å²) in [6, 6.07) is 3.52. The molecule has 1 rings (SSSR count). The summed E-state index contributed by atoms with van der Waals surface area (Å²) < 4.78 is 0.583. The van der Waals surface area contributed by atoms with Gasteiger partial charge in [-0.15, -0.1) is 0 Å². The molecule has 1 heterocycles. The molecule has 86 valence electrons. The molecule has 0 spiro atoms.